The topological polar surface area (TPSA) is 70.7 Å². The number of nitrogens with zero attached hydrogens (tertiary/aromatic N) is 2. The molecule has 1 amide bonds. The van der Waals surface area contributed by atoms with Crippen molar-refractivity contribution in [1.82, 2.24) is 10.2 Å². The number of benzene rings is 1. The third kappa shape index (κ3) is 6.80. The fraction of sp³-hybridized carbons (Fsp3) is 0.556. The largest absolute Gasteiger partial charge is 0.369 e. The number of guanidine groups is 1. The molecule has 1 fully saturated rings. The van der Waals surface area contributed by atoms with Crippen LogP contribution in [-0.4, -0.2) is 43.4 Å². The number of primary amides is 1. The number of nitrogens with two attached hydrogens (primary N) is 1. The zero-order valence-corrected chi connectivity index (χ0v) is 17.2. The molecule has 1 unspecified atom stereocenters. The number of carbonyl (C=O) groups is 1. The zero-order chi connectivity index (χ0) is 17.5. The molecule has 1 atom stereocenters. The Bertz CT molecular complexity index is 571. The van der Waals surface area contributed by atoms with E-state index < -0.39 is 0 Å². The summed E-state index contributed by atoms with van der Waals surface area (Å²) in [6.45, 7) is 4.63. The highest BCUT2D eigenvalue weighted by Crippen LogP contribution is 2.16. The third-order valence-electron chi connectivity index (χ3n) is 4.60. The van der Waals surface area contributed by atoms with E-state index in [4.69, 9.17) is 5.73 Å². The molecular formula is C18H28FIN4O. The van der Waals surface area contributed by atoms with Gasteiger partial charge in [0, 0.05) is 26.7 Å². The molecule has 0 radical (unpaired) electrons. The molecule has 0 aromatic heterocycles. The van der Waals surface area contributed by atoms with Crippen LogP contribution in [0.2, 0.25) is 0 Å². The quantitative estimate of drug-likeness (QED) is 0.401. The highest BCUT2D eigenvalue weighted by atomic mass is 127. The van der Waals surface area contributed by atoms with Gasteiger partial charge in [-0.2, -0.15) is 0 Å². The van der Waals surface area contributed by atoms with Crippen molar-refractivity contribution in [1.29, 1.82) is 0 Å². The summed E-state index contributed by atoms with van der Waals surface area (Å²) in [5.41, 5.74) is 6.42. The minimum atomic E-state index is -0.366. The van der Waals surface area contributed by atoms with Crippen molar-refractivity contribution in [2.24, 2.45) is 22.6 Å². The van der Waals surface area contributed by atoms with Crippen molar-refractivity contribution in [2.45, 2.75) is 26.2 Å². The van der Waals surface area contributed by atoms with Crippen molar-refractivity contribution in [2.75, 3.05) is 26.7 Å². The Hall–Kier alpha value is -1.38. The number of nitrogens with one attached hydrogen (secondary N) is 1. The lowest BCUT2D eigenvalue weighted by atomic mass is 9.98. The first-order chi connectivity index (χ1) is 11.5. The van der Waals surface area contributed by atoms with Crippen molar-refractivity contribution < 1.29 is 9.18 Å². The molecule has 1 aliphatic rings. The van der Waals surface area contributed by atoms with Gasteiger partial charge in [0.1, 0.15) is 5.82 Å². The summed E-state index contributed by atoms with van der Waals surface area (Å²) >= 11 is 0. The van der Waals surface area contributed by atoms with E-state index in [0.29, 0.717) is 13.0 Å². The number of piperidine rings is 1. The molecule has 1 heterocycles. The molecule has 0 saturated carbocycles. The van der Waals surface area contributed by atoms with Gasteiger partial charge in [0.05, 0.1) is 5.92 Å². The van der Waals surface area contributed by atoms with Gasteiger partial charge in [0.25, 0.3) is 0 Å². The fourth-order valence-electron chi connectivity index (χ4n) is 2.95. The number of aliphatic imine (C=N–C) groups is 1. The number of hydrogen-bond donors (Lipinski definition) is 2. The van der Waals surface area contributed by atoms with E-state index in [2.05, 4.69) is 22.1 Å². The van der Waals surface area contributed by atoms with E-state index >= 15 is 0 Å². The first-order valence-electron chi connectivity index (χ1n) is 8.49. The summed E-state index contributed by atoms with van der Waals surface area (Å²) in [7, 11) is 1.75. The van der Waals surface area contributed by atoms with Gasteiger partial charge in [0.15, 0.2) is 5.96 Å². The Morgan fingerprint density at radius 2 is 1.96 bits per heavy atom. The van der Waals surface area contributed by atoms with Crippen LogP contribution in [0.5, 0.6) is 0 Å². The van der Waals surface area contributed by atoms with Crippen molar-refractivity contribution in [3.8, 4) is 0 Å². The molecule has 0 aliphatic carbocycles. The van der Waals surface area contributed by atoms with Gasteiger partial charge in [-0.15, -0.1) is 24.0 Å². The Labute approximate surface area is 166 Å². The second-order valence-electron chi connectivity index (χ2n) is 6.53. The summed E-state index contributed by atoms with van der Waals surface area (Å²) in [6, 6.07) is 6.17. The minimum absolute atomic E-state index is 0. The molecule has 140 valence electrons. The molecule has 5 nitrogen and oxygen atoms in total. The van der Waals surface area contributed by atoms with Gasteiger partial charge in [-0.25, -0.2) is 4.39 Å². The van der Waals surface area contributed by atoms with Crippen LogP contribution < -0.4 is 11.1 Å². The molecule has 1 saturated heterocycles. The number of amides is 1. The van der Waals surface area contributed by atoms with Crippen molar-refractivity contribution in [3.05, 3.63) is 35.6 Å². The molecule has 1 aliphatic heterocycles. The van der Waals surface area contributed by atoms with Gasteiger partial charge in [-0.3, -0.25) is 9.79 Å². The number of carbonyl (C=O) groups excluding carboxylic acids is 1. The lowest BCUT2D eigenvalue weighted by Crippen LogP contribution is -2.48. The Morgan fingerprint density at radius 3 is 2.48 bits per heavy atom. The zero-order valence-electron chi connectivity index (χ0n) is 14.9. The third-order valence-corrected chi connectivity index (χ3v) is 4.60. The lowest BCUT2D eigenvalue weighted by molar-refractivity contribution is -0.121. The number of rotatable bonds is 5. The van der Waals surface area contributed by atoms with Crippen LogP contribution in [0, 0.1) is 17.7 Å². The van der Waals surface area contributed by atoms with E-state index in [1.807, 2.05) is 0 Å². The second-order valence-corrected chi connectivity index (χ2v) is 6.53. The Kier molecular flexibility index (Phi) is 9.16. The summed E-state index contributed by atoms with van der Waals surface area (Å²) in [5.74, 6) is 0.543. The molecule has 1 aromatic rings. The van der Waals surface area contributed by atoms with Crippen LogP contribution >= 0.6 is 24.0 Å². The van der Waals surface area contributed by atoms with Crippen LogP contribution in [0.4, 0.5) is 4.39 Å². The maximum absolute atomic E-state index is 13.0. The van der Waals surface area contributed by atoms with Crippen LogP contribution in [-0.2, 0) is 11.2 Å². The van der Waals surface area contributed by atoms with Gasteiger partial charge < -0.3 is 16.0 Å². The SMILES string of the molecule is CN=C(NCC(Cc1ccc(F)cc1)C(N)=O)N1CCC(C)CC1.I. The maximum Gasteiger partial charge on any atom is 0.222 e. The van der Waals surface area contributed by atoms with E-state index in [1.54, 1.807) is 19.2 Å². The van der Waals surface area contributed by atoms with Gasteiger partial charge >= 0.3 is 0 Å². The predicted molar refractivity (Wildman–Crippen MR) is 110 cm³/mol. The summed E-state index contributed by atoms with van der Waals surface area (Å²) in [4.78, 5) is 18.3. The second kappa shape index (κ2) is 10.6. The smallest absolute Gasteiger partial charge is 0.222 e. The van der Waals surface area contributed by atoms with E-state index in [1.165, 1.54) is 12.1 Å². The number of hydrogen-bond acceptors (Lipinski definition) is 2. The van der Waals surface area contributed by atoms with Crippen LogP contribution in [0.25, 0.3) is 0 Å². The fourth-order valence-corrected chi connectivity index (χ4v) is 2.95. The first-order valence-corrected chi connectivity index (χ1v) is 8.49. The molecule has 1 aromatic carbocycles. The lowest BCUT2D eigenvalue weighted by Gasteiger charge is -2.33. The van der Waals surface area contributed by atoms with Crippen molar-refractivity contribution >= 4 is 35.8 Å². The van der Waals surface area contributed by atoms with E-state index in [9.17, 15) is 9.18 Å². The molecule has 0 bridgehead atoms. The predicted octanol–water partition coefficient (Wildman–Crippen LogP) is 2.40. The highest BCUT2D eigenvalue weighted by Gasteiger charge is 2.21. The average molecular weight is 462 g/mol. The standard InChI is InChI=1S/C18H27FN4O.HI/c1-13-7-9-23(10-8-13)18(21-2)22-12-15(17(20)24)11-14-3-5-16(19)6-4-14;/h3-6,13,15H,7-12H2,1-2H3,(H2,20,24)(H,21,22);1H. The van der Waals surface area contributed by atoms with Gasteiger partial charge in [-0.05, 0) is 42.9 Å². The molecule has 7 heteroatoms. The van der Waals surface area contributed by atoms with Crippen LogP contribution in [0.3, 0.4) is 0 Å². The molecule has 2 rings (SSSR count). The number of halogens is 2. The molecule has 3 N–H and O–H groups in total. The monoisotopic (exact) mass is 462 g/mol. The molecule has 25 heavy (non-hydrogen) atoms. The first kappa shape index (κ1) is 21.7. The summed E-state index contributed by atoms with van der Waals surface area (Å²) in [6.07, 6.45) is 2.78. The Balaban J connectivity index is 0.00000312. The average Bonchev–Trinajstić information content (AvgIpc) is 2.57. The molecule has 0 spiro atoms. The van der Waals surface area contributed by atoms with Crippen molar-refractivity contribution in [3.63, 3.8) is 0 Å². The van der Waals surface area contributed by atoms with Gasteiger partial charge in [0.2, 0.25) is 5.91 Å². The maximum atomic E-state index is 13.0. The number of likely N-dealkylation sites (tertiary alicyclic amines) is 1. The Morgan fingerprint density at radius 1 is 1.36 bits per heavy atom. The van der Waals surface area contributed by atoms with Crippen LogP contribution in [0.1, 0.15) is 25.3 Å². The summed E-state index contributed by atoms with van der Waals surface area (Å²) < 4.78 is 13.0. The van der Waals surface area contributed by atoms with Gasteiger partial charge in [-0.1, -0.05) is 19.1 Å². The summed E-state index contributed by atoms with van der Waals surface area (Å²) in [5, 5.41) is 3.27. The van der Waals surface area contributed by atoms with E-state index in [0.717, 1.165) is 43.4 Å². The minimum Gasteiger partial charge on any atom is -0.369 e. The molecular weight excluding hydrogens is 434 g/mol. The van der Waals surface area contributed by atoms with Crippen LogP contribution in [0.15, 0.2) is 29.3 Å². The van der Waals surface area contributed by atoms with E-state index in [-0.39, 0.29) is 41.6 Å². The highest BCUT2D eigenvalue weighted by molar-refractivity contribution is 14.0. The normalized spacial score (nSPS) is 16.9.